The first kappa shape index (κ1) is 17.1. The molecule has 12 heteroatoms. The molecule has 0 spiro atoms. The van der Waals surface area contributed by atoms with E-state index in [1.807, 2.05) is 0 Å². The van der Waals surface area contributed by atoms with Crippen LogP contribution >= 0.6 is 11.8 Å². The summed E-state index contributed by atoms with van der Waals surface area (Å²) in [5, 5.41) is 13.5. The molecule has 2 aromatic heterocycles. The zero-order valence-corrected chi connectivity index (χ0v) is 13.5. The van der Waals surface area contributed by atoms with Crippen LogP contribution in [0.2, 0.25) is 0 Å². The van der Waals surface area contributed by atoms with Gasteiger partial charge in [-0.15, -0.1) is 0 Å². The van der Waals surface area contributed by atoms with Crippen molar-refractivity contribution in [2.75, 3.05) is 0 Å². The number of tetrazole rings is 1. The SMILES string of the molecule is Cn1nnn(-c2cccc(SC(F)(F)F)c2COc2ccn[nH]2)c1=O. The van der Waals surface area contributed by atoms with Gasteiger partial charge >= 0.3 is 11.2 Å². The molecule has 8 nitrogen and oxygen atoms in total. The van der Waals surface area contributed by atoms with Gasteiger partial charge in [0.25, 0.3) is 0 Å². The van der Waals surface area contributed by atoms with Crippen LogP contribution < -0.4 is 10.4 Å². The van der Waals surface area contributed by atoms with Gasteiger partial charge in [0.05, 0.1) is 11.9 Å². The van der Waals surface area contributed by atoms with E-state index < -0.39 is 11.2 Å². The molecule has 0 fully saturated rings. The molecular weight excluding hydrogens is 361 g/mol. The first-order valence-corrected chi connectivity index (χ1v) is 7.66. The molecule has 0 saturated heterocycles. The van der Waals surface area contributed by atoms with Gasteiger partial charge in [0.15, 0.2) is 0 Å². The van der Waals surface area contributed by atoms with E-state index in [4.69, 9.17) is 4.74 Å². The third-order valence-corrected chi connectivity index (χ3v) is 3.96. The molecule has 0 atom stereocenters. The van der Waals surface area contributed by atoms with Gasteiger partial charge in [0.2, 0.25) is 5.88 Å². The summed E-state index contributed by atoms with van der Waals surface area (Å²) in [5.41, 5.74) is -4.76. The van der Waals surface area contributed by atoms with Crippen LogP contribution in [-0.4, -0.2) is 35.5 Å². The molecule has 0 radical (unpaired) electrons. The molecule has 1 aromatic carbocycles. The van der Waals surface area contributed by atoms with Crippen LogP contribution in [0.5, 0.6) is 5.88 Å². The molecule has 2 heterocycles. The minimum atomic E-state index is -4.49. The highest BCUT2D eigenvalue weighted by Gasteiger charge is 2.31. The van der Waals surface area contributed by atoms with Gasteiger partial charge in [0.1, 0.15) is 6.61 Å². The number of thioether (sulfide) groups is 1. The van der Waals surface area contributed by atoms with E-state index in [0.29, 0.717) is 0 Å². The zero-order chi connectivity index (χ0) is 18.0. The van der Waals surface area contributed by atoms with Gasteiger partial charge in [-0.05, 0) is 34.3 Å². The average molecular weight is 372 g/mol. The van der Waals surface area contributed by atoms with Crippen LogP contribution in [-0.2, 0) is 13.7 Å². The highest BCUT2D eigenvalue weighted by atomic mass is 32.2. The molecule has 3 aromatic rings. The Bertz CT molecular complexity index is 919. The normalized spacial score (nSPS) is 11.7. The standard InChI is InChI=1S/C13H11F3N6O2S/c1-21-12(23)22(20-19-21)9-3-2-4-10(25-13(14,15)16)8(9)7-24-11-5-6-17-18-11/h2-6H,7H2,1H3,(H,17,18). The third kappa shape index (κ3) is 3.84. The van der Waals surface area contributed by atoms with Crippen molar-refractivity contribution in [3.8, 4) is 11.6 Å². The Labute approximate surface area is 142 Å². The quantitative estimate of drug-likeness (QED) is 0.688. The highest BCUT2D eigenvalue weighted by Crippen LogP contribution is 2.40. The Morgan fingerprint density at radius 2 is 2.08 bits per heavy atom. The van der Waals surface area contributed by atoms with Gasteiger partial charge in [-0.3, -0.25) is 0 Å². The fourth-order valence-corrected chi connectivity index (χ4v) is 2.74. The predicted octanol–water partition coefficient (Wildman–Crippen LogP) is 1.88. The lowest BCUT2D eigenvalue weighted by Crippen LogP contribution is -2.23. The molecule has 0 saturated carbocycles. The third-order valence-electron chi connectivity index (χ3n) is 3.13. The predicted molar refractivity (Wildman–Crippen MR) is 81.4 cm³/mol. The fraction of sp³-hybridized carbons (Fsp3) is 0.231. The second-order valence-corrected chi connectivity index (χ2v) is 5.91. The van der Waals surface area contributed by atoms with Gasteiger partial charge in [-0.25, -0.2) is 9.89 Å². The van der Waals surface area contributed by atoms with Crippen molar-refractivity contribution in [1.29, 1.82) is 0 Å². The smallest absolute Gasteiger partial charge is 0.446 e. The minimum Gasteiger partial charge on any atom is -0.473 e. The van der Waals surface area contributed by atoms with Crippen LogP contribution in [0.15, 0.2) is 40.2 Å². The van der Waals surface area contributed by atoms with Gasteiger partial charge < -0.3 is 4.74 Å². The second-order valence-electron chi connectivity index (χ2n) is 4.81. The molecule has 0 aliphatic rings. The molecule has 0 bridgehead atoms. The largest absolute Gasteiger partial charge is 0.473 e. The van der Waals surface area contributed by atoms with Crippen molar-refractivity contribution in [3.05, 3.63) is 46.5 Å². The summed E-state index contributed by atoms with van der Waals surface area (Å²) >= 11 is -0.290. The molecule has 1 N–H and O–H groups in total. The zero-order valence-electron chi connectivity index (χ0n) is 12.7. The summed E-state index contributed by atoms with van der Waals surface area (Å²) in [6.45, 7) is -0.222. The van der Waals surface area contributed by atoms with Crippen molar-refractivity contribution < 1.29 is 17.9 Å². The lowest BCUT2D eigenvalue weighted by Gasteiger charge is -2.15. The van der Waals surface area contributed by atoms with E-state index in [9.17, 15) is 18.0 Å². The molecule has 0 aliphatic carbocycles. The molecular formula is C13H11F3N6O2S. The maximum Gasteiger partial charge on any atom is 0.446 e. The number of hydrogen-bond acceptors (Lipinski definition) is 6. The highest BCUT2D eigenvalue weighted by molar-refractivity contribution is 8.00. The van der Waals surface area contributed by atoms with Crippen molar-refractivity contribution >= 4 is 11.8 Å². The number of H-pyrrole nitrogens is 1. The van der Waals surface area contributed by atoms with E-state index >= 15 is 0 Å². The Morgan fingerprint density at radius 3 is 2.68 bits per heavy atom. The molecule has 0 unspecified atom stereocenters. The minimum absolute atomic E-state index is 0.0953. The van der Waals surface area contributed by atoms with Crippen molar-refractivity contribution in [2.24, 2.45) is 7.05 Å². The summed E-state index contributed by atoms with van der Waals surface area (Å²) in [5.74, 6) is 0.282. The topological polar surface area (TPSA) is 90.6 Å². The second kappa shape index (κ2) is 6.63. The van der Waals surface area contributed by atoms with Crippen molar-refractivity contribution in [1.82, 2.24) is 30.0 Å². The number of aryl methyl sites for hydroxylation is 1. The summed E-state index contributed by atoms with van der Waals surface area (Å²) in [4.78, 5) is 12.0. The number of nitrogens with zero attached hydrogens (tertiary/aromatic N) is 5. The lowest BCUT2D eigenvalue weighted by atomic mass is 10.2. The van der Waals surface area contributed by atoms with Gasteiger partial charge in [-0.2, -0.15) is 27.6 Å². The Hall–Kier alpha value is -2.76. The number of ether oxygens (including phenoxy) is 1. The number of hydrogen-bond donors (Lipinski definition) is 1. The molecule has 132 valence electrons. The lowest BCUT2D eigenvalue weighted by molar-refractivity contribution is -0.0328. The number of halogens is 3. The maximum atomic E-state index is 12.9. The molecule has 0 aliphatic heterocycles. The van der Waals surface area contributed by atoms with E-state index in [1.165, 1.54) is 37.5 Å². The number of alkyl halides is 3. The number of benzene rings is 1. The summed E-state index contributed by atoms with van der Waals surface area (Å²) in [7, 11) is 1.39. The Kier molecular flexibility index (Phi) is 4.53. The van der Waals surface area contributed by atoms with Gasteiger partial charge in [-0.1, -0.05) is 6.07 Å². The van der Waals surface area contributed by atoms with E-state index in [2.05, 4.69) is 20.6 Å². The number of aromatic amines is 1. The van der Waals surface area contributed by atoms with Crippen molar-refractivity contribution in [3.63, 3.8) is 0 Å². The van der Waals surface area contributed by atoms with Crippen LogP contribution in [0.4, 0.5) is 13.2 Å². The summed E-state index contributed by atoms with van der Waals surface area (Å²) in [6, 6.07) is 5.70. The van der Waals surface area contributed by atoms with Crippen molar-refractivity contribution in [2.45, 2.75) is 17.0 Å². The van der Waals surface area contributed by atoms with Crippen LogP contribution in [0.1, 0.15) is 5.56 Å². The number of nitrogens with one attached hydrogen (secondary N) is 1. The van der Waals surface area contributed by atoms with E-state index in [1.54, 1.807) is 0 Å². The first-order chi connectivity index (χ1) is 11.8. The Balaban J connectivity index is 2.05. The van der Waals surface area contributed by atoms with Crippen LogP contribution in [0.25, 0.3) is 5.69 Å². The average Bonchev–Trinajstić information content (AvgIpc) is 3.16. The summed E-state index contributed by atoms with van der Waals surface area (Å²) < 4.78 is 45.9. The van der Waals surface area contributed by atoms with Gasteiger partial charge in [0, 0.05) is 23.6 Å². The monoisotopic (exact) mass is 372 g/mol. The van der Waals surface area contributed by atoms with Crippen LogP contribution in [0, 0.1) is 0 Å². The molecule has 25 heavy (non-hydrogen) atoms. The van der Waals surface area contributed by atoms with E-state index in [0.717, 1.165) is 9.36 Å². The number of rotatable bonds is 5. The number of aromatic nitrogens is 6. The first-order valence-electron chi connectivity index (χ1n) is 6.84. The van der Waals surface area contributed by atoms with Crippen LogP contribution in [0.3, 0.4) is 0 Å². The molecule has 3 rings (SSSR count). The maximum absolute atomic E-state index is 12.9. The fourth-order valence-electron chi connectivity index (χ4n) is 2.06. The Morgan fingerprint density at radius 1 is 1.28 bits per heavy atom. The van der Waals surface area contributed by atoms with E-state index in [-0.39, 0.29) is 40.4 Å². The summed E-state index contributed by atoms with van der Waals surface area (Å²) in [6.07, 6.45) is 1.44. The molecule has 0 amide bonds.